The first-order chi connectivity index (χ1) is 14.1. The molecule has 2 heterocycles. The van der Waals surface area contributed by atoms with E-state index in [2.05, 4.69) is 9.97 Å². The molecule has 8 heteroatoms. The van der Waals surface area contributed by atoms with E-state index in [1.807, 2.05) is 43.3 Å². The number of amides is 2. The van der Waals surface area contributed by atoms with Crippen molar-refractivity contribution < 1.29 is 14.3 Å². The Kier molecular flexibility index (Phi) is 5.71. The number of fused-ring (bicyclic) bond motifs is 1. The molecule has 0 bridgehead atoms. The van der Waals surface area contributed by atoms with E-state index >= 15 is 0 Å². The number of rotatable bonds is 6. The molecule has 4 rings (SSSR count). The maximum atomic E-state index is 12.6. The smallest absolute Gasteiger partial charge is 0.255 e. The second-order valence-electron chi connectivity index (χ2n) is 6.68. The summed E-state index contributed by atoms with van der Waals surface area (Å²) in [5, 5.41) is 0.693. The van der Waals surface area contributed by atoms with Crippen molar-refractivity contribution in [1.82, 2.24) is 19.8 Å². The first-order valence-corrected chi connectivity index (χ1v) is 10.5. The molecule has 1 aliphatic heterocycles. The fraction of sp³-hybridized carbons (Fsp3) is 0.286. The van der Waals surface area contributed by atoms with Crippen molar-refractivity contribution in [2.24, 2.45) is 0 Å². The molecule has 1 N–H and O–H groups in total. The Hall–Kier alpha value is -3.00. The Labute approximate surface area is 173 Å². The SMILES string of the molecule is CCOc1ccc2nc(SCC(=O)N3CCN(C(=O)c4ccccc4)C3)[nH]c2c1. The van der Waals surface area contributed by atoms with Crippen molar-refractivity contribution in [2.75, 3.05) is 32.1 Å². The lowest BCUT2D eigenvalue weighted by atomic mass is 10.2. The molecule has 1 aliphatic rings. The molecule has 1 aromatic heterocycles. The van der Waals surface area contributed by atoms with Crippen LogP contribution in [-0.4, -0.2) is 63.7 Å². The highest BCUT2D eigenvalue weighted by atomic mass is 32.2. The Bertz CT molecular complexity index is 1020. The predicted octanol–water partition coefficient (Wildman–Crippen LogP) is 3.00. The van der Waals surface area contributed by atoms with E-state index in [1.165, 1.54) is 11.8 Å². The summed E-state index contributed by atoms with van der Waals surface area (Å²) in [6.07, 6.45) is 0. The van der Waals surface area contributed by atoms with Crippen LogP contribution < -0.4 is 4.74 Å². The molecule has 0 radical (unpaired) electrons. The largest absolute Gasteiger partial charge is 0.494 e. The van der Waals surface area contributed by atoms with E-state index in [0.29, 0.717) is 37.1 Å². The van der Waals surface area contributed by atoms with Gasteiger partial charge in [0, 0.05) is 24.7 Å². The highest BCUT2D eigenvalue weighted by Gasteiger charge is 2.28. The summed E-state index contributed by atoms with van der Waals surface area (Å²) < 4.78 is 5.50. The standard InChI is InChI=1S/C21H22N4O3S/c1-2-28-16-8-9-17-18(12-16)23-21(22-17)29-13-19(26)24-10-11-25(14-24)20(27)15-6-4-3-5-7-15/h3-9,12H,2,10-11,13-14H2,1H3,(H,22,23). The molecule has 3 aromatic rings. The Morgan fingerprint density at radius 3 is 2.72 bits per heavy atom. The number of thioether (sulfide) groups is 1. The van der Waals surface area contributed by atoms with Crippen LogP contribution in [0.25, 0.3) is 11.0 Å². The van der Waals surface area contributed by atoms with Crippen molar-refractivity contribution in [3.05, 3.63) is 54.1 Å². The number of hydrogen-bond acceptors (Lipinski definition) is 5. The van der Waals surface area contributed by atoms with Crippen LogP contribution in [-0.2, 0) is 4.79 Å². The van der Waals surface area contributed by atoms with Crippen molar-refractivity contribution in [2.45, 2.75) is 12.1 Å². The Morgan fingerprint density at radius 2 is 1.93 bits per heavy atom. The summed E-state index contributed by atoms with van der Waals surface area (Å²) in [6, 6.07) is 14.8. The van der Waals surface area contributed by atoms with Gasteiger partial charge in [0.25, 0.3) is 5.91 Å². The second kappa shape index (κ2) is 8.57. The monoisotopic (exact) mass is 410 g/mol. The third-order valence-corrected chi connectivity index (χ3v) is 5.57. The molecular weight excluding hydrogens is 388 g/mol. The second-order valence-corrected chi connectivity index (χ2v) is 7.64. The highest BCUT2D eigenvalue weighted by molar-refractivity contribution is 7.99. The maximum absolute atomic E-state index is 12.6. The van der Waals surface area contributed by atoms with Crippen LogP contribution in [0, 0.1) is 0 Å². The van der Waals surface area contributed by atoms with Crippen molar-refractivity contribution in [1.29, 1.82) is 0 Å². The first-order valence-electron chi connectivity index (χ1n) is 9.51. The number of carbonyl (C=O) groups excluding carboxylic acids is 2. The molecule has 29 heavy (non-hydrogen) atoms. The molecule has 0 saturated carbocycles. The van der Waals surface area contributed by atoms with Gasteiger partial charge in [0.2, 0.25) is 5.91 Å². The zero-order chi connectivity index (χ0) is 20.2. The summed E-state index contributed by atoms with van der Waals surface area (Å²) in [5.41, 5.74) is 2.36. The number of aromatic amines is 1. The average molecular weight is 410 g/mol. The minimum Gasteiger partial charge on any atom is -0.494 e. The van der Waals surface area contributed by atoms with E-state index in [0.717, 1.165) is 16.8 Å². The lowest BCUT2D eigenvalue weighted by molar-refractivity contribution is -0.127. The van der Waals surface area contributed by atoms with Crippen LogP contribution in [0.1, 0.15) is 17.3 Å². The normalized spacial score (nSPS) is 13.8. The number of nitrogens with one attached hydrogen (secondary N) is 1. The number of H-pyrrole nitrogens is 1. The van der Waals surface area contributed by atoms with Gasteiger partial charge in [-0.15, -0.1) is 0 Å². The van der Waals surface area contributed by atoms with E-state index in [-0.39, 0.29) is 17.6 Å². The van der Waals surface area contributed by atoms with Crippen LogP contribution in [0.2, 0.25) is 0 Å². The molecule has 150 valence electrons. The van der Waals surface area contributed by atoms with Crippen LogP contribution in [0.15, 0.2) is 53.7 Å². The third-order valence-electron chi connectivity index (χ3n) is 4.72. The van der Waals surface area contributed by atoms with Crippen molar-refractivity contribution >= 4 is 34.6 Å². The van der Waals surface area contributed by atoms with Gasteiger partial charge in [-0.2, -0.15) is 0 Å². The molecule has 0 unspecified atom stereocenters. The lowest BCUT2D eigenvalue weighted by Gasteiger charge is -2.18. The first kappa shape index (κ1) is 19.3. The van der Waals surface area contributed by atoms with Gasteiger partial charge in [-0.05, 0) is 31.2 Å². The minimum atomic E-state index is -0.0454. The van der Waals surface area contributed by atoms with Gasteiger partial charge in [-0.25, -0.2) is 4.98 Å². The van der Waals surface area contributed by atoms with Gasteiger partial charge in [0.15, 0.2) is 5.16 Å². The van der Waals surface area contributed by atoms with Crippen LogP contribution in [0.5, 0.6) is 5.75 Å². The fourth-order valence-corrected chi connectivity index (χ4v) is 4.02. The summed E-state index contributed by atoms with van der Waals surface area (Å²) in [6.45, 7) is 3.97. The number of carbonyl (C=O) groups is 2. The van der Waals surface area contributed by atoms with Gasteiger partial charge < -0.3 is 19.5 Å². The van der Waals surface area contributed by atoms with Gasteiger partial charge in [-0.3, -0.25) is 9.59 Å². The zero-order valence-electron chi connectivity index (χ0n) is 16.1. The molecule has 1 saturated heterocycles. The van der Waals surface area contributed by atoms with Gasteiger partial charge in [-0.1, -0.05) is 30.0 Å². The predicted molar refractivity (Wildman–Crippen MR) is 112 cm³/mol. The number of benzene rings is 2. The molecule has 2 amide bonds. The van der Waals surface area contributed by atoms with E-state index in [9.17, 15) is 9.59 Å². The summed E-state index contributed by atoms with van der Waals surface area (Å²) in [5.74, 6) is 1.01. The van der Waals surface area contributed by atoms with E-state index in [1.54, 1.807) is 21.9 Å². The lowest BCUT2D eigenvalue weighted by Crippen LogP contribution is -2.34. The molecule has 0 spiro atoms. The highest BCUT2D eigenvalue weighted by Crippen LogP contribution is 2.24. The van der Waals surface area contributed by atoms with E-state index < -0.39 is 0 Å². The zero-order valence-corrected chi connectivity index (χ0v) is 16.9. The van der Waals surface area contributed by atoms with Crippen LogP contribution in [0.4, 0.5) is 0 Å². The summed E-state index contributed by atoms with van der Waals surface area (Å²) >= 11 is 1.36. The topological polar surface area (TPSA) is 78.5 Å². The summed E-state index contributed by atoms with van der Waals surface area (Å²) in [7, 11) is 0. The summed E-state index contributed by atoms with van der Waals surface area (Å²) in [4.78, 5) is 36.3. The Morgan fingerprint density at radius 1 is 1.14 bits per heavy atom. The van der Waals surface area contributed by atoms with Gasteiger partial charge in [0.05, 0.1) is 30.1 Å². The van der Waals surface area contributed by atoms with Gasteiger partial charge in [0.1, 0.15) is 5.75 Å². The van der Waals surface area contributed by atoms with Crippen LogP contribution in [0.3, 0.4) is 0 Å². The Balaban J connectivity index is 1.33. The maximum Gasteiger partial charge on any atom is 0.255 e. The third kappa shape index (κ3) is 4.37. The van der Waals surface area contributed by atoms with E-state index in [4.69, 9.17) is 4.74 Å². The fourth-order valence-electron chi connectivity index (χ4n) is 3.23. The number of aromatic nitrogens is 2. The minimum absolute atomic E-state index is 0.00572. The average Bonchev–Trinajstić information content (AvgIpc) is 3.39. The molecule has 0 atom stereocenters. The molecule has 2 aromatic carbocycles. The number of nitrogens with zero attached hydrogens (tertiary/aromatic N) is 3. The quantitative estimate of drug-likeness (QED) is 0.632. The van der Waals surface area contributed by atoms with Gasteiger partial charge >= 0.3 is 0 Å². The van der Waals surface area contributed by atoms with Crippen LogP contribution >= 0.6 is 11.8 Å². The van der Waals surface area contributed by atoms with Crippen molar-refractivity contribution in [3.63, 3.8) is 0 Å². The molecule has 1 fully saturated rings. The number of imidazole rings is 1. The number of hydrogen-bond donors (Lipinski definition) is 1. The molecule has 7 nitrogen and oxygen atoms in total. The number of ether oxygens (including phenoxy) is 1. The molecule has 0 aliphatic carbocycles. The van der Waals surface area contributed by atoms with Crippen molar-refractivity contribution in [3.8, 4) is 5.75 Å². The molecular formula is C21H22N4O3S.